The minimum Gasteiger partial charge on any atom is -0.316 e. The summed E-state index contributed by atoms with van der Waals surface area (Å²) in [5, 5.41) is 13.8. The fraction of sp³-hybridized carbons (Fsp3) is 0.125. The lowest BCUT2D eigenvalue weighted by molar-refractivity contribution is -0.383. The van der Waals surface area contributed by atoms with Crippen molar-refractivity contribution in [3.05, 3.63) is 68.4 Å². The summed E-state index contributed by atoms with van der Waals surface area (Å²) < 4.78 is 15.6. The Hall–Kier alpha value is -3.49. The topological polar surface area (TPSA) is 99.2 Å². The highest BCUT2D eigenvalue weighted by molar-refractivity contribution is 6.06. The summed E-state index contributed by atoms with van der Waals surface area (Å²) in [5.74, 6) is -1.12. The van der Waals surface area contributed by atoms with Gasteiger partial charge in [-0.3, -0.25) is 24.0 Å². The number of hydrogen-bond acceptors (Lipinski definition) is 4. The van der Waals surface area contributed by atoms with Crippen LogP contribution in [0.3, 0.4) is 0 Å². The van der Waals surface area contributed by atoms with Gasteiger partial charge in [0.25, 0.3) is 11.6 Å². The number of imidazole rings is 1. The van der Waals surface area contributed by atoms with E-state index in [1.54, 1.807) is 0 Å². The Morgan fingerprint density at radius 2 is 1.68 bits per heavy atom. The van der Waals surface area contributed by atoms with Crippen molar-refractivity contribution in [1.29, 1.82) is 0 Å². The molecule has 0 unspecified atom stereocenters. The van der Waals surface area contributed by atoms with Crippen molar-refractivity contribution in [3.8, 4) is 0 Å². The second-order valence-electron chi connectivity index (χ2n) is 5.48. The lowest BCUT2D eigenvalue weighted by atomic mass is 10.2. The average molecular weight is 344 g/mol. The summed E-state index contributed by atoms with van der Waals surface area (Å²) in [6.07, 6.45) is 0. The van der Waals surface area contributed by atoms with Crippen LogP contribution < -0.4 is 11.0 Å². The van der Waals surface area contributed by atoms with Crippen molar-refractivity contribution < 1.29 is 14.1 Å². The maximum absolute atomic E-state index is 13.0. The van der Waals surface area contributed by atoms with Gasteiger partial charge in [-0.2, -0.15) is 0 Å². The maximum Gasteiger partial charge on any atom is 0.328 e. The minimum absolute atomic E-state index is 0.0481. The van der Waals surface area contributed by atoms with Crippen molar-refractivity contribution in [2.24, 2.45) is 14.1 Å². The predicted octanol–water partition coefficient (Wildman–Crippen LogP) is 2.18. The first-order valence-corrected chi connectivity index (χ1v) is 7.20. The van der Waals surface area contributed by atoms with Crippen molar-refractivity contribution in [1.82, 2.24) is 9.13 Å². The highest BCUT2D eigenvalue weighted by atomic mass is 19.1. The molecule has 3 rings (SSSR count). The van der Waals surface area contributed by atoms with Gasteiger partial charge in [-0.05, 0) is 30.3 Å². The van der Waals surface area contributed by atoms with Gasteiger partial charge in [-0.1, -0.05) is 0 Å². The summed E-state index contributed by atoms with van der Waals surface area (Å²) in [5.41, 5.74) is 0.229. The normalized spacial score (nSPS) is 10.8. The van der Waals surface area contributed by atoms with E-state index in [1.807, 2.05) is 0 Å². The van der Waals surface area contributed by atoms with Crippen LogP contribution in [0.2, 0.25) is 0 Å². The van der Waals surface area contributed by atoms with Crippen molar-refractivity contribution >= 4 is 28.3 Å². The van der Waals surface area contributed by atoms with E-state index >= 15 is 0 Å². The predicted molar refractivity (Wildman–Crippen MR) is 89.2 cm³/mol. The molecular formula is C16H13FN4O4. The molecule has 1 aromatic heterocycles. The van der Waals surface area contributed by atoms with E-state index < -0.39 is 16.6 Å². The lowest BCUT2D eigenvalue weighted by Crippen LogP contribution is -2.19. The standard InChI is InChI=1S/C16H13FN4O4/c1-19-13-7-11(18-15(22)9-3-5-10(17)6-4-9)12(21(24)25)8-14(13)20(2)16(19)23/h3-8H,1-2H3,(H,18,22). The van der Waals surface area contributed by atoms with Crippen LogP contribution >= 0.6 is 0 Å². The molecule has 1 N–H and O–H groups in total. The van der Waals surface area contributed by atoms with Crippen molar-refractivity contribution in [2.75, 3.05) is 5.32 Å². The average Bonchev–Trinajstić information content (AvgIpc) is 2.79. The second-order valence-corrected chi connectivity index (χ2v) is 5.48. The van der Waals surface area contributed by atoms with Crippen LogP contribution in [0.15, 0.2) is 41.2 Å². The first-order valence-electron chi connectivity index (χ1n) is 7.20. The molecular weight excluding hydrogens is 331 g/mol. The molecule has 0 saturated carbocycles. The largest absolute Gasteiger partial charge is 0.328 e. The highest BCUT2D eigenvalue weighted by Gasteiger charge is 2.21. The molecule has 0 aliphatic rings. The number of nitro benzene ring substituents is 1. The molecule has 9 heteroatoms. The van der Waals surface area contributed by atoms with E-state index in [1.165, 1.54) is 47.5 Å². The Morgan fingerprint density at radius 1 is 1.12 bits per heavy atom. The van der Waals surface area contributed by atoms with Gasteiger partial charge >= 0.3 is 5.69 Å². The van der Waals surface area contributed by atoms with Crippen LogP contribution in [-0.4, -0.2) is 20.0 Å². The van der Waals surface area contributed by atoms with Gasteiger partial charge in [0.2, 0.25) is 0 Å². The van der Waals surface area contributed by atoms with Gasteiger partial charge in [0, 0.05) is 25.7 Å². The minimum atomic E-state index is -0.642. The van der Waals surface area contributed by atoms with Gasteiger partial charge in [0.1, 0.15) is 11.5 Å². The second kappa shape index (κ2) is 5.86. The van der Waals surface area contributed by atoms with Gasteiger partial charge < -0.3 is 5.32 Å². The molecule has 0 aliphatic carbocycles. The maximum atomic E-state index is 13.0. The molecule has 0 saturated heterocycles. The number of nitrogens with one attached hydrogen (secondary N) is 1. The zero-order chi connectivity index (χ0) is 18.3. The number of halogens is 1. The van der Waals surface area contributed by atoms with E-state index in [4.69, 9.17) is 0 Å². The Kier molecular flexibility index (Phi) is 3.84. The van der Waals surface area contributed by atoms with Gasteiger partial charge in [0.05, 0.1) is 16.0 Å². The number of amides is 1. The van der Waals surface area contributed by atoms with E-state index in [-0.39, 0.29) is 22.6 Å². The summed E-state index contributed by atoms with van der Waals surface area (Å²) in [4.78, 5) is 35.0. The van der Waals surface area contributed by atoms with Gasteiger partial charge in [-0.15, -0.1) is 0 Å². The number of nitro groups is 1. The third-order valence-electron chi connectivity index (χ3n) is 3.94. The Labute approximate surface area is 140 Å². The molecule has 1 heterocycles. The number of aryl methyl sites for hydroxylation is 2. The number of anilines is 1. The van der Waals surface area contributed by atoms with Crippen LogP contribution in [0.5, 0.6) is 0 Å². The zero-order valence-electron chi connectivity index (χ0n) is 13.3. The first-order chi connectivity index (χ1) is 11.8. The molecule has 1 amide bonds. The molecule has 0 aliphatic heterocycles. The summed E-state index contributed by atoms with van der Waals surface area (Å²) in [6.45, 7) is 0. The molecule has 0 bridgehead atoms. The first kappa shape index (κ1) is 16.4. The third kappa shape index (κ3) is 2.75. The summed E-state index contributed by atoms with van der Waals surface area (Å²) >= 11 is 0. The molecule has 8 nitrogen and oxygen atoms in total. The fourth-order valence-corrected chi connectivity index (χ4v) is 2.58. The van der Waals surface area contributed by atoms with E-state index in [0.29, 0.717) is 11.0 Å². The number of hydrogen-bond donors (Lipinski definition) is 1. The summed E-state index contributed by atoms with van der Waals surface area (Å²) in [6, 6.07) is 7.38. The van der Waals surface area contributed by atoms with Crippen LogP contribution in [0.25, 0.3) is 11.0 Å². The number of fused-ring (bicyclic) bond motifs is 1. The van der Waals surface area contributed by atoms with Crippen LogP contribution in [-0.2, 0) is 14.1 Å². The molecule has 0 fully saturated rings. The zero-order valence-corrected chi connectivity index (χ0v) is 13.3. The smallest absolute Gasteiger partial charge is 0.316 e. The number of rotatable bonds is 3. The van der Waals surface area contributed by atoms with Gasteiger partial charge in [0.15, 0.2) is 0 Å². The number of carbonyl (C=O) groups is 1. The Bertz CT molecular complexity index is 1070. The molecule has 0 radical (unpaired) electrons. The number of benzene rings is 2. The van der Waals surface area contributed by atoms with E-state index in [0.717, 1.165) is 12.1 Å². The van der Waals surface area contributed by atoms with E-state index in [2.05, 4.69) is 5.32 Å². The van der Waals surface area contributed by atoms with Crippen molar-refractivity contribution in [3.63, 3.8) is 0 Å². The monoisotopic (exact) mass is 344 g/mol. The van der Waals surface area contributed by atoms with Gasteiger partial charge in [-0.25, -0.2) is 9.18 Å². The Morgan fingerprint density at radius 3 is 2.24 bits per heavy atom. The molecule has 3 aromatic rings. The lowest BCUT2D eigenvalue weighted by Gasteiger charge is -2.07. The van der Waals surface area contributed by atoms with Crippen LogP contribution in [0, 0.1) is 15.9 Å². The number of nitrogens with zero attached hydrogens (tertiary/aromatic N) is 3. The van der Waals surface area contributed by atoms with E-state index in [9.17, 15) is 24.1 Å². The molecule has 0 atom stereocenters. The SMILES string of the molecule is Cn1c(=O)n(C)c2cc([N+](=O)[O-])c(NC(=O)c3ccc(F)cc3)cc21. The quantitative estimate of drug-likeness (QED) is 0.581. The molecule has 0 spiro atoms. The third-order valence-corrected chi connectivity index (χ3v) is 3.94. The number of aromatic nitrogens is 2. The number of carbonyl (C=O) groups excluding carboxylic acids is 1. The molecule has 2 aromatic carbocycles. The molecule has 25 heavy (non-hydrogen) atoms. The van der Waals surface area contributed by atoms with Crippen LogP contribution in [0.4, 0.5) is 15.8 Å². The Balaban J connectivity index is 2.11. The summed E-state index contributed by atoms with van der Waals surface area (Å²) in [7, 11) is 3.03. The highest BCUT2D eigenvalue weighted by Crippen LogP contribution is 2.30. The van der Waals surface area contributed by atoms with Crippen LogP contribution in [0.1, 0.15) is 10.4 Å². The fourth-order valence-electron chi connectivity index (χ4n) is 2.58. The molecule has 128 valence electrons. The van der Waals surface area contributed by atoms with Crippen molar-refractivity contribution in [2.45, 2.75) is 0 Å².